The fourth-order valence-electron chi connectivity index (χ4n) is 2.48. The van der Waals surface area contributed by atoms with Crippen molar-refractivity contribution in [1.29, 1.82) is 0 Å². The van der Waals surface area contributed by atoms with Crippen molar-refractivity contribution >= 4 is 12.0 Å². The van der Waals surface area contributed by atoms with Gasteiger partial charge < -0.3 is 15.3 Å². The second-order valence-corrected chi connectivity index (χ2v) is 5.52. The Bertz CT molecular complexity index is 299. The maximum atomic E-state index is 11.8. The highest BCUT2D eigenvalue weighted by molar-refractivity contribution is 5.73. The van der Waals surface area contributed by atoms with Gasteiger partial charge in [0, 0.05) is 20.1 Å². The molecule has 0 atom stereocenters. The largest absolute Gasteiger partial charge is 0.481 e. The predicted octanol–water partition coefficient (Wildman–Crippen LogP) is 2.32. The van der Waals surface area contributed by atoms with Crippen LogP contribution in [0.5, 0.6) is 0 Å². The van der Waals surface area contributed by atoms with Crippen molar-refractivity contribution in [3.05, 3.63) is 0 Å². The van der Waals surface area contributed by atoms with Crippen LogP contribution in [-0.4, -0.2) is 42.1 Å². The van der Waals surface area contributed by atoms with E-state index in [2.05, 4.69) is 12.2 Å². The van der Waals surface area contributed by atoms with Crippen LogP contribution >= 0.6 is 0 Å². The van der Waals surface area contributed by atoms with Crippen molar-refractivity contribution in [3.8, 4) is 0 Å². The number of hydrogen-bond donors (Lipinski definition) is 2. The summed E-state index contributed by atoms with van der Waals surface area (Å²) in [7, 11) is 1.81. The summed E-state index contributed by atoms with van der Waals surface area (Å²) in [5.74, 6) is -0.430. The number of carbonyl (C=O) groups is 2. The van der Waals surface area contributed by atoms with Gasteiger partial charge in [-0.2, -0.15) is 0 Å². The molecule has 0 aromatic rings. The van der Waals surface area contributed by atoms with Crippen molar-refractivity contribution in [1.82, 2.24) is 10.2 Å². The smallest absolute Gasteiger partial charge is 0.317 e. The summed E-state index contributed by atoms with van der Waals surface area (Å²) in [6.45, 7) is 3.56. The first-order valence-electron chi connectivity index (χ1n) is 7.26. The quantitative estimate of drug-likeness (QED) is 0.778. The second-order valence-electron chi connectivity index (χ2n) is 5.52. The fraction of sp³-hybridized carbons (Fsp3) is 0.857. The number of nitrogens with one attached hydrogen (secondary N) is 1. The Morgan fingerprint density at radius 3 is 2.42 bits per heavy atom. The van der Waals surface area contributed by atoms with E-state index >= 15 is 0 Å². The van der Waals surface area contributed by atoms with E-state index in [4.69, 9.17) is 5.11 Å². The molecule has 0 spiro atoms. The Kier molecular flexibility index (Phi) is 6.67. The number of unbranched alkanes of at least 4 members (excludes halogenated alkanes) is 1. The fourth-order valence-corrected chi connectivity index (χ4v) is 2.48. The van der Waals surface area contributed by atoms with E-state index in [1.54, 1.807) is 4.90 Å². The lowest BCUT2D eigenvalue weighted by Gasteiger charge is -2.27. The molecule has 0 unspecified atom stereocenters. The SMILES string of the molecule is CCCCN(C)C(=O)NCC1CCC(C(=O)O)CC1. The average molecular weight is 270 g/mol. The van der Waals surface area contributed by atoms with Gasteiger partial charge in [0.1, 0.15) is 0 Å². The third-order valence-electron chi connectivity index (χ3n) is 3.93. The second kappa shape index (κ2) is 8.02. The zero-order chi connectivity index (χ0) is 14.3. The molecule has 1 aliphatic carbocycles. The number of carboxylic acid groups (broad SMARTS) is 1. The molecule has 0 aromatic heterocycles. The third-order valence-corrected chi connectivity index (χ3v) is 3.93. The van der Waals surface area contributed by atoms with Gasteiger partial charge in [-0.3, -0.25) is 4.79 Å². The van der Waals surface area contributed by atoms with E-state index in [0.29, 0.717) is 12.5 Å². The molecule has 5 heteroatoms. The van der Waals surface area contributed by atoms with Crippen LogP contribution in [0.1, 0.15) is 45.4 Å². The zero-order valence-electron chi connectivity index (χ0n) is 12.0. The summed E-state index contributed by atoms with van der Waals surface area (Å²) in [6, 6.07) is -0.0196. The van der Waals surface area contributed by atoms with Crippen molar-refractivity contribution in [2.45, 2.75) is 45.4 Å². The molecular weight excluding hydrogens is 244 g/mol. The lowest BCUT2D eigenvalue weighted by atomic mass is 9.82. The normalized spacial score (nSPS) is 22.8. The van der Waals surface area contributed by atoms with Crippen LogP contribution in [0.4, 0.5) is 4.79 Å². The summed E-state index contributed by atoms with van der Waals surface area (Å²) >= 11 is 0. The standard InChI is InChI=1S/C14H26N2O3/c1-3-4-9-16(2)14(19)15-10-11-5-7-12(8-6-11)13(17)18/h11-12H,3-10H2,1-2H3,(H,15,19)(H,17,18). The molecule has 0 radical (unpaired) electrons. The molecule has 1 aliphatic rings. The molecule has 0 bridgehead atoms. The summed E-state index contributed by atoms with van der Waals surface area (Å²) in [5, 5.41) is 11.9. The summed E-state index contributed by atoms with van der Waals surface area (Å²) < 4.78 is 0. The highest BCUT2D eigenvalue weighted by Crippen LogP contribution is 2.28. The molecule has 1 saturated carbocycles. The van der Waals surface area contributed by atoms with Gasteiger partial charge in [-0.25, -0.2) is 4.79 Å². The van der Waals surface area contributed by atoms with Gasteiger partial charge in [0.2, 0.25) is 0 Å². The molecule has 0 aromatic carbocycles. The number of urea groups is 1. The van der Waals surface area contributed by atoms with Crippen molar-refractivity contribution in [3.63, 3.8) is 0 Å². The van der Waals surface area contributed by atoms with Gasteiger partial charge >= 0.3 is 12.0 Å². The first kappa shape index (κ1) is 15.8. The Morgan fingerprint density at radius 1 is 1.26 bits per heavy atom. The highest BCUT2D eigenvalue weighted by Gasteiger charge is 2.26. The van der Waals surface area contributed by atoms with E-state index in [1.165, 1.54) is 0 Å². The monoisotopic (exact) mass is 270 g/mol. The van der Waals surface area contributed by atoms with Gasteiger partial charge in [-0.1, -0.05) is 13.3 Å². The zero-order valence-corrected chi connectivity index (χ0v) is 12.0. The summed E-state index contributed by atoms with van der Waals surface area (Å²) in [5.41, 5.74) is 0. The lowest BCUT2D eigenvalue weighted by molar-refractivity contribution is -0.143. The van der Waals surface area contributed by atoms with Crippen molar-refractivity contribution in [2.24, 2.45) is 11.8 Å². The van der Waals surface area contributed by atoms with Crippen LogP contribution in [0.2, 0.25) is 0 Å². The topological polar surface area (TPSA) is 69.6 Å². The molecule has 1 fully saturated rings. The Labute approximate surface area is 115 Å². The first-order valence-corrected chi connectivity index (χ1v) is 7.26. The number of carbonyl (C=O) groups excluding carboxylic acids is 1. The van der Waals surface area contributed by atoms with Gasteiger partial charge in [0.05, 0.1) is 5.92 Å². The van der Waals surface area contributed by atoms with E-state index in [0.717, 1.165) is 45.1 Å². The van der Waals surface area contributed by atoms with E-state index in [1.807, 2.05) is 7.05 Å². The maximum Gasteiger partial charge on any atom is 0.317 e. The molecule has 0 aliphatic heterocycles. The van der Waals surface area contributed by atoms with Crippen LogP contribution < -0.4 is 5.32 Å². The molecule has 1 rings (SSSR count). The summed E-state index contributed by atoms with van der Waals surface area (Å²) in [6.07, 6.45) is 5.37. The maximum absolute atomic E-state index is 11.8. The number of amides is 2. The minimum absolute atomic E-state index is 0.0196. The first-order chi connectivity index (χ1) is 9.04. The Hall–Kier alpha value is -1.26. The van der Waals surface area contributed by atoms with E-state index in [9.17, 15) is 9.59 Å². The minimum atomic E-state index is -0.679. The number of aliphatic carboxylic acids is 1. The summed E-state index contributed by atoms with van der Waals surface area (Å²) in [4.78, 5) is 24.3. The molecule has 5 nitrogen and oxygen atoms in total. The minimum Gasteiger partial charge on any atom is -0.481 e. The van der Waals surface area contributed by atoms with Crippen LogP contribution in [0, 0.1) is 11.8 Å². The van der Waals surface area contributed by atoms with E-state index in [-0.39, 0.29) is 11.9 Å². The molecule has 110 valence electrons. The number of hydrogen-bond acceptors (Lipinski definition) is 2. The molecule has 19 heavy (non-hydrogen) atoms. The van der Waals surface area contributed by atoms with Gasteiger partial charge in [0.25, 0.3) is 0 Å². The van der Waals surface area contributed by atoms with Crippen molar-refractivity contribution < 1.29 is 14.7 Å². The van der Waals surface area contributed by atoms with Crippen molar-refractivity contribution in [2.75, 3.05) is 20.1 Å². The van der Waals surface area contributed by atoms with Gasteiger partial charge in [-0.05, 0) is 38.0 Å². The molecule has 0 saturated heterocycles. The Morgan fingerprint density at radius 2 is 1.89 bits per heavy atom. The molecule has 2 N–H and O–H groups in total. The number of carboxylic acids is 1. The number of nitrogens with zero attached hydrogens (tertiary/aromatic N) is 1. The molecule has 2 amide bonds. The third kappa shape index (κ3) is 5.49. The van der Waals surface area contributed by atoms with Crippen LogP contribution in [0.25, 0.3) is 0 Å². The Balaban J connectivity index is 2.19. The molecular formula is C14H26N2O3. The van der Waals surface area contributed by atoms with Crippen LogP contribution in [0.3, 0.4) is 0 Å². The van der Waals surface area contributed by atoms with Crippen LogP contribution in [0.15, 0.2) is 0 Å². The van der Waals surface area contributed by atoms with E-state index < -0.39 is 5.97 Å². The average Bonchev–Trinajstić information content (AvgIpc) is 2.42. The van der Waals surface area contributed by atoms with Gasteiger partial charge in [-0.15, -0.1) is 0 Å². The number of rotatable bonds is 6. The lowest BCUT2D eigenvalue weighted by Crippen LogP contribution is -2.40. The highest BCUT2D eigenvalue weighted by atomic mass is 16.4. The molecule has 0 heterocycles. The predicted molar refractivity (Wildman–Crippen MR) is 74.0 cm³/mol. The van der Waals surface area contributed by atoms with Crippen LogP contribution in [-0.2, 0) is 4.79 Å². The van der Waals surface area contributed by atoms with Gasteiger partial charge in [0.15, 0.2) is 0 Å².